The molecule has 1 nitrogen and oxygen atoms in total. The van der Waals surface area contributed by atoms with Crippen LogP contribution in [-0.4, -0.2) is 14.4 Å². The highest BCUT2D eigenvalue weighted by molar-refractivity contribution is 6.74. The lowest BCUT2D eigenvalue weighted by Gasteiger charge is -2.38. The van der Waals surface area contributed by atoms with E-state index in [1.807, 2.05) is 12.2 Å². The van der Waals surface area contributed by atoms with Gasteiger partial charge in [0, 0.05) is 0 Å². The minimum absolute atomic E-state index is 0.184. The molecule has 0 amide bonds. The molecule has 0 bridgehead atoms. The van der Waals surface area contributed by atoms with Crippen LogP contribution in [0, 0.1) is 0 Å². The first-order valence-electron chi connectivity index (χ1n) is 5.66. The second-order valence-electron chi connectivity index (χ2n) is 5.52. The quantitative estimate of drug-likeness (QED) is 0.477. The molecule has 0 fully saturated rings. The van der Waals surface area contributed by atoms with Crippen LogP contribution in [0.4, 0.5) is 0 Å². The summed E-state index contributed by atoms with van der Waals surface area (Å²) in [6.45, 7) is 18.9. The van der Waals surface area contributed by atoms with E-state index in [2.05, 4.69) is 47.0 Å². The Morgan fingerprint density at radius 2 is 1.80 bits per heavy atom. The fourth-order valence-corrected chi connectivity index (χ4v) is 2.39. The molecule has 0 aliphatic carbocycles. The van der Waals surface area contributed by atoms with Crippen molar-refractivity contribution in [3.8, 4) is 0 Å². The van der Waals surface area contributed by atoms with Gasteiger partial charge in [0.25, 0.3) is 0 Å². The van der Waals surface area contributed by atoms with E-state index in [4.69, 9.17) is 4.43 Å². The summed E-state index contributed by atoms with van der Waals surface area (Å²) in [6, 6.07) is 0. The molecular formula is C13H26OSi. The van der Waals surface area contributed by atoms with Gasteiger partial charge in [-0.3, -0.25) is 0 Å². The van der Waals surface area contributed by atoms with Crippen molar-refractivity contribution in [3.63, 3.8) is 0 Å². The fourth-order valence-electron chi connectivity index (χ4n) is 1.06. The second-order valence-corrected chi connectivity index (χ2v) is 10.3. The van der Waals surface area contributed by atoms with Crippen molar-refractivity contribution in [2.45, 2.75) is 57.8 Å². The van der Waals surface area contributed by atoms with Crippen molar-refractivity contribution >= 4 is 8.32 Å². The first-order chi connectivity index (χ1) is 6.74. The maximum Gasteiger partial charge on any atom is 0.192 e. The Balaban J connectivity index is 4.39. The maximum atomic E-state index is 6.23. The summed E-state index contributed by atoms with van der Waals surface area (Å²) in [5.41, 5.74) is 0. The van der Waals surface area contributed by atoms with Gasteiger partial charge >= 0.3 is 0 Å². The van der Waals surface area contributed by atoms with Crippen LogP contribution in [0.25, 0.3) is 0 Å². The number of hydrogen-bond acceptors (Lipinski definition) is 1. The van der Waals surface area contributed by atoms with Gasteiger partial charge in [0.1, 0.15) is 0 Å². The number of rotatable bonds is 6. The molecule has 1 atom stereocenters. The highest BCUT2D eigenvalue weighted by atomic mass is 28.4. The van der Waals surface area contributed by atoms with E-state index in [1.54, 1.807) is 0 Å². The lowest BCUT2D eigenvalue weighted by molar-refractivity contribution is 0.216. The van der Waals surface area contributed by atoms with Crippen LogP contribution in [0.3, 0.4) is 0 Å². The molecular weight excluding hydrogens is 200 g/mol. The van der Waals surface area contributed by atoms with Gasteiger partial charge in [-0.2, -0.15) is 0 Å². The van der Waals surface area contributed by atoms with Crippen molar-refractivity contribution in [1.29, 1.82) is 0 Å². The molecule has 0 rings (SSSR count). The molecule has 0 aliphatic heterocycles. The van der Waals surface area contributed by atoms with Crippen LogP contribution in [0.1, 0.15) is 33.6 Å². The van der Waals surface area contributed by atoms with Gasteiger partial charge in [-0.1, -0.05) is 32.9 Å². The maximum absolute atomic E-state index is 6.23. The van der Waals surface area contributed by atoms with Crippen LogP contribution in [-0.2, 0) is 4.43 Å². The van der Waals surface area contributed by atoms with E-state index in [-0.39, 0.29) is 11.1 Å². The molecule has 0 aromatic rings. The van der Waals surface area contributed by atoms with Crippen molar-refractivity contribution in [3.05, 3.63) is 25.3 Å². The third kappa shape index (κ3) is 4.80. The zero-order valence-electron chi connectivity index (χ0n) is 11.0. The topological polar surface area (TPSA) is 9.23 Å². The minimum Gasteiger partial charge on any atom is -0.411 e. The summed E-state index contributed by atoms with van der Waals surface area (Å²) in [5.74, 6) is 0. The molecule has 0 saturated carbocycles. The highest BCUT2D eigenvalue weighted by Crippen LogP contribution is 2.37. The van der Waals surface area contributed by atoms with Crippen LogP contribution < -0.4 is 0 Å². The van der Waals surface area contributed by atoms with Crippen molar-refractivity contribution < 1.29 is 4.43 Å². The predicted molar refractivity (Wildman–Crippen MR) is 71.7 cm³/mol. The molecule has 0 aromatic heterocycles. The van der Waals surface area contributed by atoms with E-state index < -0.39 is 8.32 Å². The molecule has 0 saturated heterocycles. The SMILES string of the molecule is C=CCC[C@@H](C=C)O[Si](C)(C)C(C)(C)C. The Labute approximate surface area is 96.4 Å². The third-order valence-electron chi connectivity index (χ3n) is 3.17. The molecule has 15 heavy (non-hydrogen) atoms. The third-order valence-corrected chi connectivity index (χ3v) is 7.67. The van der Waals surface area contributed by atoms with Gasteiger partial charge in [-0.25, -0.2) is 0 Å². The van der Waals surface area contributed by atoms with Gasteiger partial charge in [0.2, 0.25) is 0 Å². The van der Waals surface area contributed by atoms with E-state index in [0.29, 0.717) is 0 Å². The molecule has 0 unspecified atom stereocenters. The number of hydrogen-bond donors (Lipinski definition) is 0. The summed E-state index contributed by atoms with van der Waals surface area (Å²) in [5, 5.41) is 0.266. The van der Waals surface area contributed by atoms with Crippen LogP contribution in [0.2, 0.25) is 18.1 Å². The minimum atomic E-state index is -1.64. The smallest absolute Gasteiger partial charge is 0.192 e. The first-order valence-corrected chi connectivity index (χ1v) is 8.56. The van der Waals surface area contributed by atoms with Crippen LogP contribution in [0.15, 0.2) is 25.3 Å². The van der Waals surface area contributed by atoms with Crippen LogP contribution in [0.5, 0.6) is 0 Å². The zero-order valence-corrected chi connectivity index (χ0v) is 12.0. The Bertz CT molecular complexity index is 213. The predicted octanol–water partition coefficient (Wildman–Crippen LogP) is 4.53. The average molecular weight is 226 g/mol. The first kappa shape index (κ1) is 14.7. The van der Waals surface area contributed by atoms with Gasteiger partial charge in [0.15, 0.2) is 8.32 Å². The normalized spacial score (nSPS) is 14.7. The van der Waals surface area contributed by atoms with E-state index >= 15 is 0 Å². The summed E-state index contributed by atoms with van der Waals surface area (Å²) in [7, 11) is -1.64. The monoisotopic (exact) mass is 226 g/mol. The lowest BCUT2D eigenvalue weighted by Crippen LogP contribution is -2.43. The van der Waals surface area contributed by atoms with Crippen LogP contribution >= 0.6 is 0 Å². The molecule has 0 radical (unpaired) electrons. The second kappa shape index (κ2) is 5.66. The lowest BCUT2D eigenvalue weighted by atomic mass is 10.2. The summed E-state index contributed by atoms with van der Waals surface area (Å²) in [4.78, 5) is 0. The van der Waals surface area contributed by atoms with Gasteiger partial charge in [-0.05, 0) is 31.0 Å². The van der Waals surface area contributed by atoms with E-state index in [9.17, 15) is 0 Å². The van der Waals surface area contributed by atoms with Gasteiger partial charge in [-0.15, -0.1) is 13.2 Å². The Morgan fingerprint density at radius 1 is 1.27 bits per heavy atom. The summed E-state index contributed by atoms with van der Waals surface area (Å²) < 4.78 is 6.23. The van der Waals surface area contributed by atoms with Crippen molar-refractivity contribution in [2.24, 2.45) is 0 Å². The molecule has 0 aromatic carbocycles. The average Bonchev–Trinajstić information content (AvgIpc) is 2.10. The molecule has 0 spiro atoms. The van der Waals surface area contributed by atoms with Gasteiger partial charge < -0.3 is 4.43 Å². The van der Waals surface area contributed by atoms with E-state index in [0.717, 1.165) is 12.8 Å². The Hall–Kier alpha value is -0.343. The molecule has 0 aliphatic rings. The fraction of sp³-hybridized carbons (Fsp3) is 0.692. The summed E-state index contributed by atoms with van der Waals surface area (Å²) in [6.07, 6.45) is 6.03. The number of allylic oxidation sites excluding steroid dienone is 1. The Kier molecular flexibility index (Phi) is 5.53. The molecule has 0 heterocycles. The highest BCUT2D eigenvalue weighted by Gasteiger charge is 2.38. The zero-order chi connectivity index (χ0) is 12.1. The van der Waals surface area contributed by atoms with Gasteiger partial charge in [0.05, 0.1) is 6.10 Å². The molecule has 0 N–H and O–H groups in total. The Morgan fingerprint density at radius 3 is 2.13 bits per heavy atom. The standard InChI is InChI=1S/C13H26OSi/c1-8-10-11-12(9-2)14-15(6,7)13(3,4)5/h8-9,12H,1-2,10-11H2,3-7H3/t12-/m1/s1. The van der Waals surface area contributed by atoms with Crippen molar-refractivity contribution in [1.82, 2.24) is 0 Å². The van der Waals surface area contributed by atoms with Crippen molar-refractivity contribution in [2.75, 3.05) is 0 Å². The summed E-state index contributed by atoms with van der Waals surface area (Å²) >= 11 is 0. The van der Waals surface area contributed by atoms with E-state index in [1.165, 1.54) is 0 Å². The largest absolute Gasteiger partial charge is 0.411 e. The molecule has 88 valence electrons. The molecule has 2 heteroatoms.